The average Bonchev–Trinajstić information content (AvgIpc) is 2.56. The number of nitrogens with one attached hydrogen (secondary N) is 1. The van der Waals surface area contributed by atoms with Gasteiger partial charge in [-0.2, -0.15) is 0 Å². The number of hydrogen-bond donors (Lipinski definition) is 4. The van der Waals surface area contributed by atoms with Gasteiger partial charge in [-0.15, -0.1) is 0 Å². The van der Waals surface area contributed by atoms with Gasteiger partial charge in [0.1, 0.15) is 5.75 Å². The lowest BCUT2D eigenvalue weighted by Crippen LogP contribution is -2.65. The van der Waals surface area contributed by atoms with E-state index in [9.17, 15) is 10.2 Å². The van der Waals surface area contributed by atoms with Crippen molar-refractivity contribution in [3.05, 3.63) is 42.1 Å². The molecule has 0 saturated heterocycles. The summed E-state index contributed by atoms with van der Waals surface area (Å²) in [5.41, 5.74) is 5.92. The molecule has 0 radical (unpaired) electrons. The van der Waals surface area contributed by atoms with Crippen molar-refractivity contribution in [3.8, 4) is 5.75 Å². The predicted octanol–water partition coefficient (Wildman–Crippen LogP) is 0.844. The van der Waals surface area contributed by atoms with Crippen molar-refractivity contribution < 1.29 is 14.9 Å². The fourth-order valence-corrected chi connectivity index (χ4v) is 1.90. The minimum absolute atomic E-state index is 0.303. The molecule has 0 spiro atoms. The number of aliphatic hydroxyl groups is 2. The number of rotatable bonds is 3. The Bertz CT molecular complexity index is 461. The molecule has 0 saturated carbocycles. The Hall–Kier alpha value is -2.08. The van der Waals surface area contributed by atoms with Crippen molar-refractivity contribution in [1.29, 1.82) is 0 Å². The average molecular weight is 251 g/mol. The van der Waals surface area contributed by atoms with E-state index < -0.39 is 11.9 Å². The van der Waals surface area contributed by atoms with Crippen LogP contribution in [-0.4, -0.2) is 34.1 Å². The molecule has 0 bridgehead atoms. The zero-order chi connectivity index (χ0) is 13.3. The van der Waals surface area contributed by atoms with Crippen LogP contribution in [0.2, 0.25) is 0 Å². The first-order valence-electron chi connectivity index (χ1n) is 5.61. The van der Waals surface area contributed by atoms with E-state index in [0.29, 0.717) is 5.75 Å². The van der Waals surface area contributed by atoms with E-state index in [-0.39, 0.29) is 11.8 Å². The summed E-state index contributed by atoms with van der Waals surface area (Å²) in [7, 11) is 1.58. The first-order valence-corrected chi connectivity index (χ1v) is 5.61. The SMILES string of the molecule is CC(N)C1(Oc2ccccc2)NC(O)=C(O)N1C. The summed E-state index contributed by atoms with van der Waals surface area (Å²) in [6, 6.07) is 8.55. The van der Waals surface area contributed by atoms with E-state index in [4.69, 9.17) is 10.5 Å². The Morgan fingerprint density at radius 2 is 1.94 bits per heavy atom. The van der Waals surface area contributed by atoms with Crippen LogP contribution >= 0.6 is 0 Å². The zero-order valence-electron chi connectivity index (χ0n) is 10.3. The molecule has 1 heterocycles. The number of nitrogens with two attached hydrogens (primary N) is 1. The van der Waals surface area contributed by atoms with Crippen LogP contribution < -0.4 is 15.8 Å². The monoisotopic (exact) mass is 251 g/mol. The lowest BCUT2D eigenvalue weighted by Gasteiger charge is -2.39. The first-order chi connectivity index (χ1) is 8.47. The molecule has 6 nitrogen and oxygen atoms in total. The van der Waals surface area contributed by atoms with Gasteiger partial charge in [0, 0.05) is 7.05 Å². The van der Waals surface area contributed by atoms with Gasteiger partial charge in [-0.25, -0.2) is 0 Å². The Morgan fingerprint density at radius 3 is 2.39 bits per heavy atom. The fourth-order valence-electron chi connectivity index (χ4n) is 1.90. The van der Waals surface area contributed by atoms with Gasteiger partial charge in [-0.1, -0.05) is 18.2 Å². The summed E-state index contributed by atoms with van der Waals surface area (Å²) in [5, 5.41) is 21.9. The molecule has 2 atom stereocenters. The van der Waals surface area contributed by atoms with Crippen LogP contribution in [0.1, 0.15) is 6.92 Å². The smallest absolute Gasteiger partial charge is 0.281 e. The number of likely N-dealkylation sites (N-methyl/N-ethyl adjacent to an activating group) is 1. The third-order valence-corrected chi connectivity index (χ3v) is 2.96. The van der Waals surface area contributed by atoms with Crippen molar-refractivity contribution in [3.63, 3.8) is 0 Å². The molecule has 1 aromatic rings. The molecule has 0 aliphatic carbocycles. The second kappa shape index (κ2) is 4.30. The molecule has 1 aliphatic heterocycles. The van der Waals surface area contributed by atoms with Crippen molar-refractivity contribution in [2.45, 2.75) is 18.8 Å². The highest BCUT2D eigenvalue weighted by atomic mass is 16.5. The lowest BCUT2D eigenvalue weighted by atomic mass is 10.2. The van der Waals surface area contributed by atoms with E-state index in [0.717, 1.165) is 0 Å². The Kier molecular flexibility index (Phi) is 2.96. The molecule has 18 heavy (non-hydrogen) atoms. The van der Waals surface area contributed by atoms with Crippen molar-refractivity contribution in [2.24, 2.45) is 5.73 Å². The maximum absolute atomic E-state index is 9.69. The molecule has 2 rings (SSSR count). The Morgan fingerprint density at radius 1 is 1.33 bits per heavy atom. The quantitative estimate of drug-likeness (QED) is 0.636. The van der Waals surface area contributed by atoms with Crippen LogP contribution in [0.4, 0.5) is 0 Å². The maximum atomic E-state index is 9.69. The summed E-state index contributed by atoms with van der Waals surface area (Å²) >= 11 is 0. The van der Waals surface area contributed by atoms with Gasteiger partial charge in [0.15, 0.2) is 0 Å². The molecule has 0 aromatic heterocycles. The highest BCUT2D eigenvalue weighted by Crippen LogP contribution is 2.29. The molecular formula is C12H17N3O3. The Labute approximate surface area is 105 Å². The van der Waals surface area contributed by atoms with Gasteiger partial charge < -0.3 is 20.7 Å². The summed E-state index contributed by atoms with van der Waals surface area (Å²) in [6.07, 6.45) is 0. The maximum Gasteiger partial charge on any atom is 0.281 e. The number of aliphatic hydroxyl groups excluding tert-OH is 2. The van der Waals surface area contributed by atoms with Crippen LogP contribution in [0, 0.1) is 0 Å². The number of hydrogen-bond acceptors (Lipinski definition) is 6. The minimum Gasteiger partial charge on any atom is -0.491 e. The summed E-state index contributed by atoms with van der Waals surface area (Å²) in [4.78, 5) is 1.36. The molecule has 1 aromatic carbocycles. The van der Waals surface area contributed by atoms with E-state index in [1.54, 1.807) is 26.1 Å². The number of ether oxygens (including phenoxy) is 1. The van der Waals surface area contributed by atoms with Gasteiger partial charge in [0.2, 0.25) is 0 Å². The number of benzene rings is 1. The largest absolute Gasteiger partial charge is 0.491 e. The molecule has 0 amide bonds. The van der Waals surface area contributed by atoms with Crippen LogP contribution in [-0.2, 0) is 0 Å². The highest BCUT2D eigenvalue weighted by molar-refractivity contribution is 5.24. The Balaban J connectivity index is 2.31. The summed E-state index contributed by atoms with van der Waals surface area (Å²) in [5.74, 6) is -1.29. The van der Waals surface area contributed by atoms with Crippen molar-refractivity contribution in [2.75, 3.05) is 7.05 Å². The molecule has 98 valence electrons. The first kappa shape index (κ1) is 12.4. The van der Waals surface area contributed by atoms with E-state index in [2.05, 4.69) is 5.32 Å². The molecular weight excluding hydrogens is 234 g/mol. The van der Waals surface area contributed by atoms with E-state index >= 15 is 0 Å². The fraction of sp³-hybridized carbons (Fsp3) is 0.333. The predicted molar refractivity (Wildman–Crippen MR) is 66.6 cm³/mol. The van der Waals surface area contributed by atoms with Crippen molar-refractivity contribution >= 4 is 0 Å². The van der Waals surface area contributed by atoms with Gasteiger partial charge in [0.25, 0.3) is 17.6 Å². The summed E-state index contributed by atoms with van der Waals surface area (Å²) < 4.78 is 5.81. The molecule has 5 N–H and O–H groups in total. The topological polar surface area (TPSA) is 91.0 Å². The van der Waals surface area contributed by atoms with E-state index in [1.807, 2.05) is 18.2 Å². The van der Waals surface area contributed by atoms with Gasteiger partial charge in [0.05, 0.1) is 6.04 Å². The van der Waals surface area contributed by atoms with Gasteiger partial charge in [-0.3, -0.25) is 10.2 Å². The molecule has 6 heteroatoms. The second-order valence-electron chi connectivity index (χ2n) is 4.26. The number of para-hydroxylation sites is 1. The van der Waals surface area contributed by atoms with Gasteiger partial charge >= 0.3 is 0 Å². The van der Waals surface area contributed by atoms with Crippen molar-refractivity contribution in [1.82, 2.24) is 10.2 Å². The summed E-state index contributed by atoms with van der Waals surface area (Å²) in [6.45, 7) is 1.72. The lowest BCUT2D eigenvalue weighted by molar-refractivity contribution is -0.0889. The van der Waals surface area contributed by atoms with Crippen LogP contribution in [0.5, 0.6) is 5.75 Å². The van der Waals surface area contributed by atoms with Crippen LogP contribution in [0.25, 0.3) is 0 Å². The normalized spacial score (nSPS) is 24.9. The second-order valence-corrected chi connectivity index (χ2v) is 4.26. The third kappa shape index (κ3) is 1.80. The number of nitrogens with zero attached hydrogens (tertiary/aromatic N) is 1. The molecule has 1 aliphatic rings. The standard InChI is InChI=1S/C12H17N3O3/c1-8(13)12(14-10(16)11(17)15(12)2)18-9-6-4-3-5-7-9/h3-8,14,16-17H,13H2,1-2H3. The third-order valence-electron chi connectivity index (χ3n) is 2.96. The van der Waals surface area contributed by atoms with Crippen LogP contribution in [0.15, 0.2) is 42.1 Å². The van der Waals surface area contributed by atoms with E-state index in [1.165, 1.54) is 4.90 Å². The minimum atomic E-state index is -1.21. The molecule has 2 unspecified atom stereocenters. The van der Waals surface area contributed by atoms with Crippen LogP contribution in [0.3, 0.4) is 0 Å². The van der Waals surface area contributed by atoms with Gasteiger partial charge in [-0.05, 0) is 19.1 Å². The zero-order valence-corrected chi connectivity index (χ0v) is 10.3. The highest BCUT2D eigenvalue weighted by Gasteiger charge is 2.49. The molecule has 0 fully saturated rings.